The number of hydrogen-bond donors (Lipinski definition) is 2. The van der Waals surface area contributed by atoms with Crippen LogP contribution in [0.5, 0.6) is 5.75 Å². The van der Waals surface area contributed by atoms with Gasteiger partial charge in [0.1, 0.15) is 11.4 Å². The van der Waals surface area contributed by atoms with Crippen LogP contribution in [0.1, 0.15) is 20.3 Å². The number of anilines is 2. The molecule has 204 valence electrons. The summed E-state index contributed by atoms with van der Waals surface area (Å²) in [7, 11) is 1.37. The minimum atomic E-state index is -0.832. The number of ether oxygens (including phenoxy) is 2. The summed E-state index contributed by atoms with van der Waals surface area (Å²) in [6, 6.07) is 4.71. The third kappa shape index (κ3) is 7.91. The van der Waals surface area contributed by atoms with E-state index in [1.165, 1.54) is 26.2 Å². The summed E-state index contributed by atoms with van der Waals surface area (Å²) in [5.74, 6) is -0.653. The molecule has 0 fully saturated rings. The van der Waals surface area contributed by atoms with E-state index in [0.29, 0.717) is 5.69 Å². The molecule has 0 radical (unpaired) electrons. The van der Waals surface area contributed by atoms with E-state index in [0.717, 1.165) is 12.1 Å². The summed E-state index contributed by atoms with van der Waals surface area (Å²) in [6.45, 7) is 3.20. The minimum absolute atomic E-state index is 0.0196. The first-order valence-corrected chi connectivity index (χ1v) is 11.9. The number of hydrogen-bond acceptors (Lipinski definition) is 12. The summed E-state index contributed by atoms with van der Waals surface area (Å²) >= 11 is 3.06. The van der Waals surface area contributed by atoms with E-state index in [-0.39, 0.29) is 60.0 Å². The molecule has 0 atom stereocenters. The van der Waals surface area contributed by atoms with Gasteiger partial charge in [-0.2, -0.15) is 0 Å². The Morgan fingerprint density at radius 1 is 1.13 bits per heavy atom. The number of aliphatic hydroxyl groups is 1. The van der Waals surface area contributed by atoms with E-state index < -0.39 is 33.1 Å². The largest absolute Gasteiger partial charge is 0.494 e. The van der Waals surface area contributed by atoms with Crippen LogP contribution in [-0.2, 0) is 14.3 Å². The Hall–Kier alpha value is -4.18. The van der Waals surface area contributed by atoms with Crippen LogP contribution >= 0.6 is 15.9 Å². The summed E-state index contributed by atoms with van der Waals surface area (Å²) in [5.41, 5.74) is -0.844. The normalized spacial score (nSPS) is 10.8. The van der Waals surface area contributed by atoms with Crippen molar-refractivity contribution in [1.29, 1.82) is 0 Å². The predicted octanol–water partition coefficient (Wildman–Crippen LogP) is 4.40. The van der Waals surface area contributed by atoms with Gasteiger partial charge < -0.3 is 24.8 Å². The van der Waals surface area contributed by atoms with Crippen molar-refractivity contribution in [2.24, 2.45) is 10.2 Å². The standard InChI is InChI=1S/C22H25BrN6O9/c1-4-38-21(32)5-6-27(7-8-30)18-11-16(24-13(2)31)17(12-20(18)37-3)25-26-22-15(23)9-14(28(33)34)10-19(22)29(35)36/h9-12,30H,4-8H2,1-3H3,(H,24,31). The zero-order valence-electron chi connectivity index (χ0n) is 20.7. The second-order valence-electron chi connectivity index (χ2n) is 7.50. The molecule has 38 heavy (non-hydrogen) atoms. The molecule has 2 N–H and O–H groups in total. The van der Waals surface area contributed by atoms with Gasteiger partial charge in [-0.15, -0.1) is 10.2 Å². The molecule has 15 nitrogen and oxygen atoms in total. The number of methoxy groups -OCH3 is 1. The van der Waals surface area contributed by atoms with Crippen LogP contribution in [0.15, 0.2) is 39.0 Å². The van der Waals surface area contributed by atoms with Gasteiger partial charge in [-0.1, -0.05) is 0 Å². The lowest BCUT2D eigenvalue weighted by atomic mass is 10.2. The van der Waals surface area contributed by atoms with Crippen molar-refractivity contribution in [1.82, 2.24) is 0 Å². The Labute approximate surface area is 224 Å². The Morgan fingerprint density at radius 2 is 1.84 bits per heavy atom. The molecular weight excluding hydrogens is 572 g/mol. The molecule has 2 aromatic rings. The molecule has 16 heteroatoms. The third-order valence-electron chi connectivity index (χ3n) is 4.90. The number of carbonyl (C=O) groups is 2. The molecule has 2 rings (SSSR count). The van der Waals surface area contributed by atoms with Crippen molar-refractivity contribution in [2.45, 2.75) is 20.3 Å². The maximum Gasteiger partial charge on any atom is 0.307 e. The molecular formula is C22H25BrN6O9. The van der Waals surface area contributed by atoms with Crippen molar-refractivity contribution in [3.05, 3.63) is 49.0 Å². The van der Waals surface area contributed by atoms with E-state index >= 15 is 0 Å². The van der Waals surface area contributed by atoms with Gasteiger partial charge >= 0.3 is 11.7 Å². The highest BCUT2D eigenvalue weighted by Gasteiger charge is 2.24. The zero-order chi connectivity index (χ0) is 28.4. The fourth-order valence-electron chi connectivity index (χ4n) is 3.29. The van der Waals surface area contributed by atoms with Crippen molar-refractivity contribution in [3.63, 3.8) is 0 Å². The third-order valence-corrected chi connectivity index (χ3v) is 5.51. The second-order valence-corrected chi connectivity index (χ2v) is 8.35. The second kappa shape index (κ2) is 13.9. The number of non-ortho nitro benzene ring substituents is 1. The molecule has 0 aliphatic carbocycles. The number of azo groups is 1. The van der Waals surface area contributed by atoms with E-state index in [1.807, 2.05) is 0 Å². The smallest absolute Gasteiger partial charge is 0.307 e. The average Bonchev–Trinajstić information content (AvgIpc) is 2.85. The Bertz CT molecular complexity index is 1250. The highest BCUT2D eigenvalue weighted by atomic mass is 79.9. The molecule has 0 bridgehead atoms. The van der Waals surface area contributed by atoms with E-state index in [1.54, 1.807) is 11.8 Å². The van der Waals surface area contributed by atoms with E-state index in [4.69, 9.17) is 9.47 Å². The molecule has 0 heterocycles. The van der Waals surface area contributed by atoms with Crippen LogP contribution in [0, 0.1) is 20.2 Å². The van der Waals surface area contributed by atoms with Gasteiger partial charge in [-0.25, -0.2) is 0 Å². The number of esters is 1. The first-order valence-electron chi connectivity index (χ1n) is 11.1. The van der Waals surface area contributed by atoms with Crippen molar-refractivity contribution in [3.8, 4) is 5.75 Å². The topological polar surface area (TPSA) is 199 Å². The maximum absolute atomic E-state index is 11.9. The van der Waals surface area contributed by atoms with Gasteiger partial charge in [0.05, 0.1) is 58.5 Å². The fraction of sp³-hybridized carbons (Fsp3) is 0.364. The van der Waals surface area contributed by atoms with Crippen molar-refractivity contribution in [2.75, 3.05) is 43.6 Å². The zero-order valence-corrected chi connectivity index (χ0v) is 22.3. The molecule has 2 aromatic carbocycles. The van der Waals surface area contributed by atoms with Crippen LogP contribution in [0.2, 0.25) is 0 Å². The van der Waals surface area contributed by atoms with Crippen LogP contribution in [-0.4, -0.2) is 60.2 Å². The van der Waals surface area contributed by atoms with Gasteiger partial charge in [-0.3, -0.25) is 29.8 Å². The fourth-order valence-corrected chi connectivity index (χ4v) is 3.81. The highest BCUT2D eigenvalue weighted by molar-refractivity contribution is 9.10. The van der Waals surface area contributed by atoms with Crippen molar-refractivity contribution < 1.29 is 34.0 Å². The molecule has 1 amide bonds. The first-order chi connectivity index (χ1) is 18.0. The number of nitro groups is 2. The predicted molar refractivity (Wildman–Crippen MR) is 139 cm³/mol. The van der Waals surface area contributed by atoms with Crippen molar-refractivity contribution >= 4 is 61.9 Å². The Kier molecular flexibility index (Phi) is 11.0. The summed E-state index contributed by atoms with van der Waals surface area (Å²) in [4.78, 5) is 46.4. The number of aliphatic hydroxyl groups excluding tert-OH is 1. The number of amides is 1. The van der Waals surface area contributed by atoms with E-state index in [9.17, 15) is 34.9 Å². The Morgan fingerprint density at radius 3 is 2.39 bits per heavy atom. The lowest BCUT2D eigenvalue weighted by molar-refractivity contribution is -0.393. The summed E-state index contributed by atoms with van der Waals surface area (Å²) < 4.78 is 10.4. The summed E-state index contributed by atoms with van der Waals surface area (Å²) in [5, 5.41) is 42.7. The van der Waals surface area contributed by atoms with Crippen LogP contribution in [0.3, 0.4) is 0 Å². The van der Waals surface area contributed by atoms with Gasteiger partial charge in [0.25, 0.3) is 5.69 Å². The lowest BCUT2D eigenvalue weighted by Crippen LogP contribution is -2.30. The number of nitrogens with zero attached hydrogens (tertiary/aromatic N) is 5. The number of carbonyl (C=O) groups excluding carboxylic acids is 2. The average molecular weight is 597 g/mol. The molecule has 0 aliphatic heterocycles. The van der Waals surface area contributed by atoms with Gasteiger partial charge in [0.15, 0.2) is 5.69 Å². The quantitative estimate of drug-likeness (QED) is 0.144. The highest BCUT2D eigenvalue weighted by Crippen LogP contribution is 2.43. The monoisotopic (exact) mass is 596 g/mol. The van der Waals surface area contributed by atoms with Crippen LogP contribution in [0.4, 0.5) is 34.1 Å². The molecule has 0 saturated heterocycles. The van der Waals surface area contributed by atoms with Crippen LogP contribution in [0.25, 0.3) is 0 Å². The van der Waals surface area contributed by atoms with Gasteiger partial charge in [0.2, 0.25) is 5.91 Å². The van der Waals surface area contributed by atoms with Gasteiger partial charge in [-0.05, 0) is 28.9 Å². The molecule has 0 spiro atoms. The minimum Gasteiger partial charge on any atom is -0.494 e. The SMILES string of the molecule is CCOC(=O)CCN(CCO)c1cc(NC(C)=O)c(N=Nc2c(Br)cc([N+](=O)[O-])cc2[N+](=O)[O-])cc1OC. The maximum atomic E-state index is 11.9. The number of nitro benzene ring substituents is 2. The van der Waals surface area contributed by atoms with Crippen LogP contribution < -0.4 is 15.0 Å². The molecule has 0 aromatic heterocycles. The molecule has 0 saturated carbocycles. The number of rotatable bonds is 13. The Balaban J connectivity index is 2.60. The number of halogens is 1. The number of benzene rings is 2. The molecule has 0 aliphatic rings. The lowest BCUT2D eigenvalue weighted by Gasteiger charge is -2.26. The van der Waals surface area contributed by atoms with Gasteiger partial charge in [0, 0.05) is 32.1 Å². The molecule has 0 unspecified atom stereocenters. The van der Waals surface area contributed by atoms with E-state index in [2.05, 4.69) is 31.5 Å². The first kappa shape index (κ1) is 30.0. The number of nitrogens with one attached hydrogen (secondary N) is 1. The summed E-state index contributed by atoms with van der Waals surface area (Å²) in [6.07, 6.45) is 0.0196.